The van der Waals surface area contributed by atoms with Crippen LogP contribution in [0.3, 0.4) is 0 Å². The van der Waals surface area contributed by atoms with Crippen LogP contribution in [0.1, 0.15) is 11.4 Å². The van der Waals surface area contributed by atoms with Crippen molar-refractivity contribution in [2.75, 3.05) is 17.7 Å². The van der Waals surface area contributed by atoms with E-state index in [9.17, 15) is 13.2 Å². The Hall–Kier alpha value is -2.32. The minimum Gasteiger partial charge on any atom is -0.372 e. The van der Waals surface area contributed by atoms with Crippen molar-refractivity contribution in [1.82, 2.24) is 19.9 Å². The van der Waals surface area contributed by atoms with Crippen LogP contribution in [0.15, 0.2) is 12.4 Å². The molecule has 102 valence electrons. The predicted octanol–water partition coefficient (Wildman–Crippen LogP) is 2.31. The SMILES string of the molecule is CNc1nc(Nc2cnc(C)[nH]2)ncc1C(F)(F)F. The topological polar surface area (TPSA) is 78.5 Å². The molecular formula is C10H11F3N6. The Balaban J connectivity index is 2.29. The molecule has 0 aliphatic heterocycles. The molecule has 0 spiro atoms. The summed E-state index contributed by atoms with van der Waals surface area (Å²) in [6, 6.07) is 0. The fourth-order valence-electron chi connectivity index (χ4n) is 1.44. The van der Waals surface area contributed by atoms with Crippen LogP contribution in [0.2, 0.25) is 0 Å². The van der Waals surface area contributed by atoms with Gasteiger partial charge in [-0.25, -0.2) is 9.97 Å². The normalized spacial score (nSPS) is 11.4. The number of aromatic nitrogens is 4. The molecule has 9 heteroatoms. The highest BCUT2D eigenvalue weighted by Crippen LogP contribution is 2.33. The van der Waals surface area contributed by atoms with Crippen molar-refractivity contribution in [3.8, 4) is 0 Å². The lowest BCUT2D eigenvalue weighted by Crippen LogP contribution is -2.12. The number of nitrogens with zero attached hydrogens (tertiary/aromatic N) is 3. The fourth-order valence-corrected chi connectivity index (χ4v) is 1.44. The van der Waals surface area contributed by atoms with Crippen LogP contribution in [-0.4, -0.2) is 27.0 Å². The van der Waals surface area contributed by atoms with Gasteiger partial charge in [0.25, 0.3) is 0 Å². The van der Waals surface area contributed by atoms with E-state index in [1.54, 1.807) is 6.92 Å². The average molecular weight is 272 g/mol. The highest BCUT2D eigenvalue weighted by Gasteiger charge is 2.35. The molecule has 2 heterocycles. The molecule has 0 radical (unpaired) electrons. The molecule has 0 bridgehead atoms. The number of hydrogen-bond acceptors (Lipinski definition) is 5. The van der Waals surface area contributed by atoms with Gasteiger partial charge >= 0.3 is 6.18 Å². The average Bonchev–Trinajstić information content (AvgIpc) is 2.73. The third kappa shape index (κ3) is 2.92. The Morgan fingerprint density at radius 1 is 1.21 bits per heavy atom. The molecule has 0 amide bonds. The quantitative estimate of drug-likeness (QED) is 0.799. The second-order valence-corrected chi connectivity index (χ2v) is 3.71. The van der Waals surface area contributed by atoms with Crippen LogP contribution in [-0.2, 0) is 6.18 Å². The van der Waals surface area contributed by atoms with Crippen molar-refractivity contribution >= 4 is 17.6 Å². The van der Waals surface area contributed by atoms with E-state index < -0.39 is 11.7 Å². The number of hydrogen-bond donors (Lipinski definition) is 3. The molecule has 2 aromatic heterocycles. The van der Waals surface area contributed by atoms with Crippen LogP contribution in [0, 0.1) is 6.92 Å². The lowest BCUT2D eigenvalue weighted by atomic mass is 10.3. The Morgan fingerprint density at radius 3 is 2.47 bits per heavy atom. The van der Waals surface area contributed by atoms with Crippen LogP contribution in [0.4, 0.5) is 30.8 Å². The minimum absolute atomic E-state index is 0.0426. The summed E-state index contributed by atoms with van der Waals surface area (Å²) in [4.78, 5) is 14.2. The zero-order chi connectivity index (χ0) is 14.0. The van der Waals surface area contributed by atoms with E-state index in [-0.39, 0.29) is 11.8 Å². The molecule has 19 heavy (non-hydrogen) atoms. The molecule has 0 fully saturated rings. The highest BCUT2D eigenvalue weighted by molar-refractivity contribution is 5.53. The molecule has 0 atom stereocenters. The summed E-state index contributed by atoms with van der Waals surface area (Å²) >= 11 is 0. The van der Waals surface area contributed by atoms with E-state index >= 15 is 0 Å². The zero-order valence-electron chi connectivity index (χ0n) is 10.1. The van der Waals surface area contributed by atoms with Crippen LogP contribution < -0.4 is 10.6 Å². The summed E-state index contributed by atoms with van der Waals surface area (Å²) in [5.74, 6) is 0.921. The molecule has 6 nitrogen and oxygen atoms in total. The van der Waals surface area contributed by atoms with Gasteiger partial charge in [0, 0.05) is 13.2 Å². The van der Waals surface area contributed by atoms with Gasteiger partial charge in [-0.2, -0.15) is 18.2 Å². The first-order valence-electron chi connectivity index (χ1n) is 5.31. The molecule has 0 aliphatic carbocycles. The summed E-state index contributed by atoms with van der Waals surface area (Å²) in [5.41, 5.74) is -0.915. The van der Waals surface area contributed by atoms with Gasteiger partial charge in [-0.15, -0.1) is 0 Å². The van der Waals surface area contributed by atoms with Crippen LogP contribution in [0.5, 0.6) is 0 Å². The van der Waals surface area contributed by atoms with E-state index in [1.165, 1.54) is 13.2 Å². The number of nitrogens with one attached hydrogen (secondary N) is 3. The highest BCUT2D eigenvalue weighted by atomic mass is 19.4. The van der Waals surface area contributed by atoms with Gasteiger partial charge in [0.2, 0.25) is 5.95 Å². The number of aromatic amines is 1. The third-order valence-corrected chi connectivity index (χ3v) is 2.28. The van der Waals surface area contributed by atoms with Gasteiger partial charge in [-0.1, -0.05) is 0 Å². The number of H-pyrrole nitrogens is 1. The van der Waals surface area contributed by atoms with E-state index in [0.29, 0.717) is 11.6 Å². The third-order valence-electron chi connectivity index (χ3n) is 2.28. The lowest BCUT2D eigenvalue weighted by Gasteiger charge is -2.12. The molecular weight excluding hydrogens is 261 g/mol. The van der Waals surface area contributed by atoms with Crippen LogP contribution >= 0.6 is 0 Å². The summed E-state index contributed by atoms with van der Waals surface area (Å²) < 4.78 is 37.9. The monoisotopic (exact) mass is 272 g/mol. The smallest absolute Gasteiger partial charge is 0.372 e. The molecule has 0 aromatic carbocycles. The minimum atomic E-state index is -4.50. The number of imidazole rings is 1. The second-order valence-electron chi connectivity index (χ2n) is 3.71. The maximum Gasteiger partial charge on any atom is 0.421 e. The molecule has 0 unspecified atom stereocenters. The first kappa shape index (κ1) is 13.1. The molecule has 0 saturated carbocycles. The Labute approximate surface area is 106 Å². The molecule has 0 saturated heterocycles. The maximum atomic E-state index is 12.6. The predicted molar refractivity (Wildman–Crippen MR) is 63.2 cm³/mol. The second kappa shape index (κ2) is 4.75. The summed E-state index contributed by atoms with van der Waals surface area (Å²) in [6.07, 6.45) is -2.28. The summed E-state index contributed by atoms with van der Waals surface area (Å²) in [6.45, 7) is 1.75. The van der Waals surface area contributed by atoms with Crippen molar-refractivity contribution < 1.29 is 13.2 Å². The standard InChI is InChI=1S/C10H11F3N6/c1-5-15-4-7(17-5)18-9-16-3-6(10(11,12)13)8(14-2)19-9/h3-4H,1-2H3,(H,15,17)(H2,14,16,18,19). The van der Waals surface area contributed by atoms with E-state index in [0.717, 1.165) is 6.20 Å². The Bertz CT molecular complexity index is 577. The van der Waals surface area contributed by atoms with E-state index in [2.05, 4.69) is 30.6 Å². The van der Waals surface area contributed by atoms with Crippen molar-refractivity contribution in [2.45, 2.75) is 13.1 Å². The van der Waals surface area contributed by atoms with E-state index in [1.807, 2.05) is 0 Å². The lowest BCUT2D eigenvalue weighted by molar-refractivity contribution is -0.137. The first-order chi connectivity index (χ1) is 8.90. The van der Waals surface area contributed by atoms with Gasteiger partial charge in [-0.3, -0.25) is 0 Å². The van der Waals surface area contributed by atoms with E-state index in [4.69, 9.17) is 0 Å². The van der Waals surface area contributed by atoms with Crippen molar-refractivity contribution in [1.29, 1.82) is 0 Å². The van der Waals surface area contributed by atoms with Gasteiger partial charge in [-0.05, 0) is 6.92 Å². The van der Waals surface area contributed by atoms with Gasteiger partial charge in [0.1, 0.15) is 23.0 Å². The largest absolute Gasteiger partial charge is 0.421 e. The van der Waals surface area contributed by atoms with Gasteiger partial charge < -0.3 is 15.6 Å². The number of rotatable bonds is 3. The molecule has 3 N–H and O–H groups in total. The summed E-state index contributed by atoms with van der Waals surface area (Å²) in [7, 11) is 1.36. The molecule has 2 aromatic rings. The van der Waals surface area contributed by atoms with Crippen molar-refractivity contribution in [3.63, 3.8) is 0 Å². The number of anilines is 3. The van der Waals surface area contributed by atoms with Crippen molar-refractivity contribution in [3.05, 3.63) is 23.8 Å². The Morgan fingerprint density at radius 2 is 1.95 bits per heavy atom. The zero-order valence-corrected chi connectivity index (χ0v) is 10.1. The fraction of sp³-hybridized carbons (Fsp3) is 0.300. The molecule has 2 rings (SSSR count). The Kier molecular flexibility index (Phi) is 3.28. The molecule has 0 aliphatic rings. The number of alkyl halides is 3. The summed E-state index contributed by atoms with van der Waals surface area (Å²) in [5, 5.41) is 5.13. The maximum absolute atomic E-state index is 12.6. The van der Waals surface area contributed by atoms with Gasteiger partial charge in [0.05, 0.1) is 6.20 Å². The van der Waals surface area contributed by atoms with Crippen molar-refractivity contribution in [2.24, 2.45) is 0 Å². The number of halogens is 3. The van der Waals surface area contributed by atoms with Crippen LogP contribution in [0.25, 0.3) is 0 Å². The van der Waals surface area contributed by atoms with Gasteiger partial charge in [0.15, 0.2) is 0 Å². The first-order valence-corrected chi connectivity index (χ1v) is 5.31. The number of aryl methyl sites for hydroxylation is 1.